The van der Waals surface area contributed by atoms with Gasteiger partial charge in [-0.15, -0.1) is 0 Å². The van der Waals surface area contributed by atoms with E-state index < -0.39 is 0 Å². The van der Waals surface area contributed by atoms with E-state index in [0.717, 1.165) is 22.6 Å². The molecule has 0 amide bonds. The van der Waals surface area contributed by atoms with Crippen LogP contribution in [-0.4, -0.2) is 13.2 Å². The maximum Gasteiger partial charge on any atom is 0.168 e. The Morgan fingerprint density at radius 3 is 2.25 bits per heavy atom. The molecule has 104 valence electrons. The smallest absolute Gasteiger partial charge is 0.168 e. The Hall–Kier alpha value is -2.22. The summed E-state index contributed by atoms with van der Waals surface area (Å²) in [7, 11) is 0. The van der Waals surface area contributed by atoms with E-state index in [0.29, 0.717) is 13.2 Å². The number of hydrogen-bond donors (Lipinski definition) is 0. The summed E-state index contributed by atoms with van der Waals surface area (Å²) in [5, 5.41) is 0. The Balaban J connectivity index is 2.30. The van der Waals surface area contributed by atoms with Crippen LogP contribution in [-0.2, 0) is 0 Å². The number of hydrogen-bond acceptors (Lipinski definition) is 2. The first kappa shape index (κ1) is 14.2. The molecule has 0 aromatic heterocycles. The van der Waals surface area contributed by atoms with E-state index in [2.05, 4.69) is 24.3 Å². The molecule has 0 atom stereocenters. The Morgan fingerprint density at radius 2 is 1.55 bits per heavy atom. The predicted octanol–water partition coefficient (Wildman–Crippen LogP) is 4.65. The maximum atomic E-state index is 5.73. The van der Waals surface area contributed by atoms with Crippen LogP contribution in [0.5, 0.6) is 11.5 Å². The van der Waals surface area contributed by atoms with Gasteiger partial charge in [-0.3, -0.25) is 0 Å². The van der Waals surface area contributed by atoms with E-state index in [4.69, 9.17) is 9.47 Å². The van der Waals surface area contributed by atoms with Gasteiger partial charge in [-0.05, 0) is 25.5 Å². The lowest BCUT2D eigenvalue weighted by atomic mass is 10.1. The van der Waals surface area contributed by atoms with Crippen LogP contribution < -0.4 is 9.47 Å². The standard InChI is InChI=1S/C18H20O2/c1-3-19-17-12-8-11-16(18(17)20-4-2)14-13-15-9-6-5-7-10-15/h5-14H,3-4H2,1-2H3. The summed E-state index contributed by atoms with van der Waals surface area (Å²) in [6, 6.07) is 16.2. The fourth-order valence-electron chi connectivity index (χ4n) is 1.98. The molecule has 2 aromatic rings. The molecule has 0 radical (unpaired) electrons. The van der Waals surface area contributed by atoms with E-state index in [1.165, 1.54) is 0 Å². The molecule has 0 saturated carbocycles. The second-order valence-electron chi connectivity index (χ2n) is 4.28. The minimum absolute atomic E-state index is 0.621. The monoisotopic (exact) mass is 268 g/mol. The number of benzene rings is 2. The summed E-state index contributed by atoms with van der Waals surface area (Å²) in [4.78, 5) is 0. The first-order valence-corrected chi connectivity index (χ1v) is 6.97. The van der Waals surface area contributed by atoms with Crippen molar-refractivity contribution >= 4 is 12.2 Å². The first-order valence-electron chi connectivity index (χ1n) is 6.97. The molecule has 2 heteroatoms. The molecule has 0 fully saturated rings. The zero-order valence-corrected chi connectivity index (χ0v) is 12.0. The van der Waals surface area contributed by atoms with Crippen molar-refractivity contribution in [2.75, 3.05) is 13.2 Å². The second-order valence-corrected chi connectivity index (χ2v) is 4.28. The molecular weight excluding hydrogens is 248 g/mol. The summed E-state index contributed by atoms with van der Waals surface area (Å²) in [5.74, 6) is 1.61. The molecule has 2 nitrogen and oxygen atoms in total. The number of para-hydroxylation sites is 1. The minimum atomic E-state index is 0.621. The van der Waals surface area contributed by atoms with Gasteiger partial charge in [-0.1, -0.05) is 54.6 Å². The third-order valence-electron chi connectivity index (χ3n) is 2.85. The lowest BCUT2D eigenvalue weighted by Crippen LogP contribution is -1.99. The molecule has 0 saturated heterocycles. The molecule has 2 rings (SSSR count). The number of ether oxygens (including phenoxy) is 2. The van der Waals surface area contributed by atoms with Crippen LogP contribution in [0, 0.1) is 0 Å². The summed E-state index contributed by atoms with van der Waals surface area (Å²) in [5.41, 5.74) is 2.19. The topological polar surface area (TPSA) is 18.5 Å². The largest absolute Gasteiger partial charge is 0.490 e. The quantitative estimate of drug-likeness (QED) is 0.710. The predicted molar refractivity (Wildman–Crippen MR) is 84.2 cm³/mol. The van der Waals surface area contributed by atoms with Crippen molar-refractivity contribution in [3.8, 4) is 11.5 Å². The van der Waals surface area contributed by atoms with Crippen LogP contribution in [0.25, 0.3) is 12.2 Å². The summed E-state index contributed by atoms with van der Waals surface area (Å²) < 4.78 is 11.4. The molecule has 0 heterocycles. The van der Waals surface area contributed by atoms with Crippen LogP contribution >= 0.6 is 0 Å². The normalized spacial score (nSPS) is 10.7. The molecule has 0 aliphatic carbocycles. The van der Waals surface area contributed by atoms with Gasteiger partial charge in [0.2, 0.25) is 0 Å². The summed E-state index contributed by atoms with van der Waals surface area (Å²) >= 11 is 0. The van der Waals surface area contributed by atoms with Gasteiger partial charge in [0.05, 0.1) is 13.2 Å². The van der Waals surface area contributed by atoms with Crippen molar-refractivity contribution < 1.29 is 9.47 Å². The van der Waals surface area contributed by atoms with E-state index in [-0.39, 0.29) is 0 Å². The molecule has 0 unspecified atom stereocenters. The summed E-state index contributed by atoms with van der Waals surface area (Å²) in [6.45, 7) is 5.21. The molecular formula is C18H20O2. The number of rotatable bonds is 6. The molecule has 0 aliphatic heterocycles. The van der Waals surface area contributed by atoms with Crippen LogP contribution in [0.4, 0.5) is 0 Å². The highest BCUT2D eigenvalue weighted by Crippen LogP contribution is 2.32. The van der Waals surface area contributed by atoms with Gasteiger partial charge in [-0.2, -0.15) is 0 Å². The van der Waals surface area contributed by atoms with Gasteiger partial charge >= 0.3 is 0 Å². The maximum absolute atomic E-state index is 5.73. The van der Waals surface area contributed by atoms with Crippen molar-refractivity contribution in [2.24, 2.45) is 0 Å². The Labute approximate surface area is 120 Å². The van der Waals surface area contributed by atoms with E-state index >= 15 is 0 Å². The van der Waals surface area contributed by atoms with Gasteiger partial charge in [0.25, 0.3) is 0 Å². The minimum Gasteiger partial charge on any atom is -0.490 e. The highest BCUT2D eigenvalue weighted by molar-refractivity contribution is 5.74. The molecule has 0 N–H and O–H groups in total. The van der Waals surface area contributed by atoms with Crippen molar-refractivity contribution in [3.63, 3.8) is 0 Å². The van der Waals surface area contributed by atoms with E-state index in [1.54, 1.807) is 0 Å². The van der Waals surface area contributed by atoms with Crippen LogP contribution in [0.2, 0.25) is 0 Å². The van der Waals surface area contributed by atoms with Crippen LogP contribution in [0.3, 0.4) is 0 Å². The van der Waals surface area contributed by atoms with E-state index in [1.807, 2.05) is 50.2 Å². The fraction of sp³-hybridized carbons (Fsp3) is 0.222. The molecule has 2 aromatic carbocycles. The first-order chi connectivity index (χ1) is 9.85. The SMILES string of the molecule is CCOc1cccc(C=Cc2ccccc2)c1OCC. The summed E-state index contributed by atoms with van der Waals surface area (Å²) in [6.07, 6.45) is 4.14. The van der Waals surface area contributed by atoms with Crippen molar-refractivity contribution in [2.45, 2.75) is 13.8 Å². The van der Waals surface area contributed by atoms with Crippen LogP contribution in [0.15, 0.2) is 48.5 Å². The lowest BCUT2D eigenvalue weighted by molar-refractivity contribution is 0.287. The third-order valence-corrected chi connectivity index (χ3v) is 2.85. The molecule has 0 bridgehead atoms. The van der Waals surface area contributed by atoms with Gasteiger partial charge in [-0.25, -0.2) is 0 Å². The Morgan fingerprint density at radius 1 is 0.800 bits per heavy atom. The Kier molecular flexibility index (Phi) is 5.24. The lowest BCUT2D eigenvalue weighted by Gasteiger charge is -2.13. The average molecular weight is 268 g/mol. The van der Waals surface area contributed by atoms with Crippen molar-refractivity contribution in [1.29, 1.82) is 0 Å². The zero-order valence-electron chi connectivity index (χ0n) is 12.0. The molecule has 0 aliphatic rings. The molecule has 20 heavy (non-hydrogen) atoms. The van der Waals surface area contributed by atoms with Crippen molar-refractivity contribution in [1.82, 2.24) is 0 Å². The van der Waals surface area contributed by atoms with Crippen LogP contribution in [0.1, 0.15) is 25.0 Å². The highest BCUT2D eigenvalue weighted by Gasteiger charge is 2.08. The average Bonchev–Trinajstić information content (AvgIpc) is 2.49. The second kappa shape index (κ2) is 7.39. The Bertz CT molecular complexity index is 559. The highest BCUT2D eigenvalue weighted by atomic mass is 16.5. The zero-order chi connectivity index (χ0) is 14.2. The third kappa shape index (κ3) is 3.64. The van der Waals surface area contributed by atoms with Crippen molar-refractivity contribution in [3.05, 3.63) is 59.7 Å². The van der Waals surface area contributed by atoms with E-state index in [9.17, 15) is 0 Å². The van der Waals surface area contributed by atoms with Gasteiger partial charge in [0.15, 0.2) is 11.5 Å². The van der Waals surface area contributed by atoms with Gasteiger partial charge in [0, 0.05) is 5.56 Å². The van der Waals surface area contributed by atoms with Gasteiger partial charge < -0.3 is 9.47 Å². The van der Waals surface area contributed by atoms with Gasteiger partial charge in [0.1, 0.15) is 0 Å². The molecule has 0 spiro atoms. The fourth-order valence-corrected chi connectivity index (χ4v) is 1.98.